The molecular formula is C24H32N2O5S. The van der Waals surface area contributed by atoms with Gasteiger partial charge in [0, 0.05) is 25.3 Å². The van der Waals surface area contributed by atoms with Crippen LogP contribution in [0.4, 0.5) is 5.69 Å². The van der Waals surface area contributed by atoms with E-state index in [-0.39, 0.29) is 6.10 Å². The fourth-order valence-corrected chi connectivity index (χ4v) is 4.11. The Balaban J connectivity index is 1.90. The number of hydrogen-bond acceptors (Lipinski definition) is 6. The quantitative estimate of drug-likeness (QED) is 0.553. The van der Waals surface area contributed by atoms with Crippen molar-refractivity contribution in [1.82, 2.24) is 4.90 Å². The third-order valence-electron chi connectivity index (χ3n) is 5.48. The zero-order valence-electron chi connectivity index (χ0n) is 19.4. The summed E-state index contributed by atoms with van der Waals surface area (Å²) in [4.78, 5) is 2.09. The Morgan fingerprint density at radius 3 is 2.38 bits per heavy atom. The average molecular weight is 461 g/mol. The Hall–Kier alpha value is -2.71. The molecule has 0 radical (unpaired) electrons. The Kier molecular flexibility index (Phi) is 8.41. The van der Waals surface area contributed by atoms with Gasteiger partial charge >= 0.3 is 0 Å². The maximum absolute atomic E-state index is 5.89. The third kappa shape index (κ3) is 5.55. The summed E-state index contributed by atoms with van der Waals surface area (Å²) in [6.07, 6.45) is 2.19. The van der Waals surface area contributed by atoms with Gasteiger partial charge in [0.25, 0.3) is 0 Å². The number of rotatable bonds is 9. The zero-order chi connectivity index (χ0) is 23.1. The lowest BCUT2D eigenvalue weighted by Crippen LogP contribution is -2.39. The van der Waals surface area contributed by atoms with E-state index < -0.39 is 0 Å². The van der Waals surface area contributed by atoms with E-state index in [9.17, 15) is 0 Å². The summed E-state index contributed by atoms with van der Waals surface area (Å²) in [6, 6.07) is 9.81. The van der Waals surface area contributed by atoms with Crippen LogP contribution in [0.15, 0.2) is 30.3 Å². The molecule has 174 valence electrons. The van der Waals surface area contributed by atoms with Gasteiger partial charge in [-0.15, -0.1) is 0 Å². The summed E-state index contributed by atoms with van der Waals surface area (Å²) in [6.45, 7) is 4.00. The predicted octanol–water partition coefficient (Wildman–Crippen LogP) is 4.41. The molecule has 0 saturated carbocycles. The molecule has 3 rings (SSSR count). The van der Waals surface area contributed by atoms with E-state index in [1.54, 1.807) is 28.4 Å². The standard InChI is InChI=1S/C24H32N2O5S/c1-16-8-10-20(27-2)19(13-16)25-24(32)26(15-18-7-6-12-31-18)14-17-9-11-21(28-3)23(30-5)22(17)29-4/h8-11,13,18H,6-7,12,14-15H2,1-5H3,(H,25,32). The van der Waals surface area contributed by atoms with Crippen LogP contribution in [-0.2, 0) is 11.3 Å². The summed E-state index contributed by atoms with van der Waals surface area (Å²) in [7, 11) is 6.48. The van der Waals surface area contributed by atoms with Crippen LogP contribution in [0.3, 0.4) is 0 Å². The maximum atomic E-state index is 5.89. The molecule has 0 aliphatic carbocycles. The van der Waals surface area contributed by atoms with Crippen LogP contribution in [-0.4, -0.2) is 57.7 Å². The molecule has 1 saturated heterocycles. The van der Waals surface area contributed by atoms with Crippen molar-refractivity contribution in [3.05, 3.63) is 41.5 Å². The van der Waals surface area contributed by atoms with E-state index in [1.807, 2.05) is 37.3 Å². The molecule has 1 N–H and O–H groups in total. The van der Waals surface area contributed by atoms with Gasteiger partial charge in [-0.05, 0) is 61.8 Å². The van der Waals surface area contributed by atoms with Gasteiger partial charge in [0.15, 0.2) is 16.6 Å². The van der Waals surface area contributed by atoms with Crippen molar-refractivity contribution in [1.29, 1.82) is 0 Å². The highest BCUT2D eigenvalue weighted by Gasteiger charge is 2.24. The number of benzene rings is 2. The monoisotopic (exact) mass is 460 g/mol. The lowest BCUT2D eigenvalue weighted by atomic mass is 10.1. The highest BCUT2D eigenvalue weighted by molar-refractivity contribution is 7.80. The number of thiocarbonyl (C=S) groups is 1. The summed E-state index contributed by atoms with van der Waals surface area (Å²) in [5, 5.41) is 3.95. The molecule has 32 heavy (non-hydrogen) atoms. The van der Waals surface area contributed by atoms with Gasteiger partial charge in [-0.3, -0.25) is 0 Å². The lowest BCUT2D eigenvalue weighted by molar-refractivity contribution is 0.0903. The van der Waals surface area contributed by atoms with Crippen molar-refractivity contribution in [3.63, 3.8) is 0 Å². The molecule has 1 unspecified atom stereocenters. The van der Waals surface area contributed by atoms with Gasteiger partial charge in [0.1, 0.15) is 5.75 Å². The average Bonchev–Trinajstić information content (AvgIpc) is 3.31. The fraction of sp³-hybridized carbons (Fsp3) is 0.458. The van der Waals surface area contributed by atoms with E-state index in [4.69, 9.17) is 35.9 Å². The van der Waals surface area contributed by atoms with Gasteiger partial charge in [-0.25, -0.2) is 0 Å². The summed E-state index contributed by atoms with van der Waals surface area (Å²) < 4.78 is 28.1. The van der Waals surface area contributed by atoms with Crippen molar-refractivity contribution in [2.75, 3.05) is 46.9 Å². The van der Waals surface area contributed by atoms with E-state index >= 15 is 0 Å². The largest absolute Gasteiger partial charge is 0.495 e. The Morgan fingerprint density at radius 1 is 1.03 bits per heavy atom. The van der Waals surface area contributed by atoms with Gasteiger partial charge in [-0.1, -0.05) is 6.07 Å². The molecule has 1 atom stereocenters. The molecular weight excluding hydrogens is 428 g/mol. The molecule has 0 amide bonds. The van der Waals surface area contributed by atoms with Crippen LogP contribution in [0.25, 0.3) is 0 Å². The normalized spacial score (nSPS) is 15.2. The van der Waals surface area contributed by atoms with Gasteiger partial charge in [0.2, 0.25) is 5.75 Å². The first-order valence-electron chi connectivity index (χ1n) is 10.6. The number of ether oxygens (including phenoxy) is 5. The molecule has 1 heterocycles. The van der Waals surface area contributed by atoms with Crippen molar-refractivity contribution < 1.29 is 23.7 Å². The van der Waals surface area contributed by atoms with E-state index in [0.717, 1.165) is 42.0 Å². The van der Waals surface area contributed by atoms with Crippen LogP contribution >= 0.6 is 12.2 Å². The number of nitrogens with zero attached hydrogens (tertiary/aromatic N) is 1. The first-order valence-corrected chi connectivity index (χ1v) is 11.0. The number of methoxy groups -OCH3 is 4. The van der Waals surface area contributed by atoms with Crippen LogP contribution < -0.4 is 24.3 Å². The highest BCUT2D eigenvalue weighted by Crippen LogP contribution is 2.40. The fourth-order valence-electron chi connectivity index (χ4n) is 3.86. The molecule has 8 heteroatoms. The lowest BCUT2D eigenvalue weighted by Gasteiger charge is -2.29. The molecule has 1 fully saturated rings. The molecule has 2 aromatic carbocycles. The SMILES string of the molecule is COc1ccc(C)cc1NC(=S)N(Cc1ccc(OC)c(OC)c1OC)CC1CCCO1. The maximum Gasteiger partial charge on any atom is 0.203 e. The summed E-state index contributed by atoms with van der Waals surface area (Å²) in [5.41, 5.74) is 2.88. The van der Waals surface area contributed by atoms with Gasteiger partial charge in [0.05, 0.1) is 40.2 Å². The summed E-state index contributed by atoms with van der Waals surface area (Å²) >= 11 is 5.84. The molecule has 2 aromatic rings. The number of nitrogens with one attached hydrogen (secondary N) is 1. The first kappa shape index (κ1) is 23.9. The second-order valence-electron chi connectivity index (χ2n) is 7.64. The number of aryl methyl sites for hydroxylation is 1. The molecule has 1 aliphatic heterocycles. The highest BCUT2D eigenvalue weighted by atomic mass is 32.1. The van der Waals surface area contributed by atoms with Crippen molar-refractivity contribution in [2.45, 2.75) is 32.4 Å². The Morgan fingerprint density at radius 2 is 1.75 bits per heavy atom. The molecule has 7 nitrogen and oxygen atoms in total. The van der Waals surface area contributed by atoms with Crippen LogP contribution in [0.1, 0.15) is 24.0 Å². The minimum absolute atomic E-state index is 0.125. The van der Waals surface area contributed by atoms with Crippen molar-refractivity contribution in [3.8, 4) is 23.0 Å². The van der Waals surface area contributed by atoms with Crippen LogP contribution in [0.5, 0.6) is 23.0 Å². The Bertz CT molecular complexity index is 931. The summed E-state index contributed by atoms with van der Waals surface area (Å²) in [5.74, 6) is 2.53. The van der Waals surface area contributed by atoms with Gasteiger partial charge in [-0.2, -0.15) is 0 Å². The molecule has 0 bridgehead atoms. The smallest absolute Gasteiger partial charge is 0.203 e. The zero-order valence-corrected chi connectivity index (χ0v) is 20.2. The van der Waals surface area contributed by atoms with Crippen LogP contribution in [0.2, 0.25) is 0 Å². The number of anilines is 1. The third-order valence-corrected chi connectivity index (χ3v) is 5.84. The molecule has 0 spiro atoms. The van der Waals surface area contributed by atoms with Crippen LogP contribution in [0, 0.1) is 6.92 Å². The van der Waals surface area contributed by atoms with Crippen molar-refractivity contribution in [2.24, 2.45) is 0 Å². The predicted molar refractivity (Wildman–Crippen MR) is 129 cm³/mol. The Labute approximate surface area is 195 Å². The van der Waals surface area contributed by atoms with E-state index in [1.165, 1.54) is 0 Å². The minimum atomic E-state index is 0.125. The van der Waals surface area contributed by atoms with Gasteiger partial charge < -0.3 is 33.9 Å². The molecule has 0 aromatic heterocycles. The second-order valence-corrected chi connectivity index (χ2v) is 8.03. The second kappa shape index (κ2) is 11.2. The van der Waals surface area contributed by atoms with E-state index in [0.29, 0.717) is 35.5 Å². The number of hydrogen-bond donors (Lipinski definition) is 1. The van der Waals surface area contributed by atoms with E-state index in [2.05, 4.69) is 10.2 Å². The first-order chi connectivity index (χ1) is 15.5. The van der Waals surface area contributed by atoms with Crippen molar-refractivity contribution >= 4 is 23.0 Å². The topological polar surface area (TPSA) is 61.4 Å². The minimum Gasteiger partial charge on any atom is -0.495 e. The molecule has 1 aliphatic rings.